The summed E-state index contributed by atoms with van der Waals surface area (Å²) < 4.78 is 5.23. The molecule has 1 amide bonds. The van der Waals surface area contributed by atoms with Crippen LogP contribution in [0.4, 0.5) is 5.69 Å². The Bertz CT molecular complexity index is 490. The molecule has 100 valence electrons. The Morgan fingerprint density at radius 2 is 2.11 bits per heavy atom. The number of carbonyl (C=O) groups is 1. The molecule has 1 aliphatic rings. The Balaban J connectivity index is 2.02. The van der Waals surface area contributed by atoms with Crippen LogP contribution in [0.1, 0.15) is 12.5 Å². The quantitative estimate of drug-likeness (QED) is 0.886. The van der Waals surface area contributed by atoms with Crippen molar-refractivity contribution in [2.24, 2.45) is 0 Å². The Kier molecular flexibility index (Phi) is 4.37. The van der Waals surface area contributed by atoms with E-state index in [0.717, 1.165) is 0 Å². The molecule has 1 N–H and O–H groups in total. The van der Waals surface area contributed by atoms with Gasteiger partial charge in [-0.05, 0) is 19.1 Å². The third-order valence-corrected chi connectivity index (χ3v) is 3.11. The van der Waals surface area contributed by atoms with Crippen LogP contribution in [-0.2, 0) is 9.53 Å². The van der Waals surface area contributed by atoms with Gasteiger partial charge in [-0.3, -0.25) is 4.79 Å². The Hall–Kier alpha value is -2.06. The van der Waals surface area contributed by atoms with Crippen LogP contribution in [0.2, 0.25) is 0 Å². The molecule has 0 radical (unpaired) electrons. The van der Waals surface area contributed by atoms with Gasteiger partial charge in [0.25, 0.3) is 0 Å². The van der Waals surface area contributed by atoms with E-state index in [1.54, 1.807) is 17.0 Å². The molecule has 0 aliphatic carbocycles. The lowest BCUT2D eigenvalue weighted by Crippen LogP contribution is -2.47. The number of morpholine rings is 1. The van der Waals surface area contributed by atoms with Gasteiger partial charge in [0, 0.05) is 13.1 Å². The van der Waals surface area contributed by atoms with Gasteiger partial charge in [-0.2, -0.15) is 5.26 Å². The Morgan fingerprint density at radius 3 is 2.79 bits per heavy atom. The molecule has 1 heterocycles. The van der Waals surface area contributed by atoms with Gasteiger partial charge in [-0.25, -0.2) is 0 Å². The van der Waals surface area contributed by atoms with E-state index in [1.165, 1.54) is 0 Å². The summed E-state index contributed by atoms with van der Waals surface area (Å²) in [4.78, 5) is 14.0. The zero-order valence-corrected chi connectivity index (χ0v) is 10.9. The van der Waals surface area contributed by atoms with E-state index in [0.29, 0.717) is 37.6 Å². The van der Waals surface area contributed by atoms with Crippen LogP contribution < -0.4 is 5.32 Å². The minimum Gasteiger partial charge on any atom is -0.378 e. The molecule has 0 saturated carbocycles. The molecule has 5 heteroatoms. The zero-order chi connectivity index (χ0) is 13.7. The van der Waals surface area contributed by atoms with Crippen molar-refractivity contribution in [3.8, 4) is 6.07 Å². The molecule has 0 bridgehead atoms. The number of hydrogen-bond donors (Lipinski definition) is 1. The summed E-state index contributed by atoms with van der Waals surface area (Å²) in [7, 11) is 0. The van der Waals surface area contributed by atoms with Crippen LogP contribution in [0.15, 0.2) is 24.3 Å². The molecule has 1 unspecified atom stereocenters. The normalized spacial score (nSPS) is 16.5. The van der Waals surface area contributed by atoms with Crippen LogP contribution in [-0.4, -0.2) is 43.2 Å². The highest BCUT2D eigenvalue weighted by Gasteiger charge is 2.22. The number of nitrogens with one attached hydrogen (secondary N) is 1. The van der Waals surface area contributed by atoms with Crippen LogP contribution in [0.5, 0.6) is 0 Å². The summed E-state index contributed by atoms with van der Waals surface area (Å²) in [5, 5.41) is 12.1. The summed E-state index contributed by atoms with van der Waals surface area (Å²) in [5.74, 6) is 0.0380. The van der Waals surface area contributed by atoms with Gasteiger partial charge in [0.15, 0.2) is 0 Å². The van der Waals surface area contributed by atoms with Crippen molar-refractivity contribution in [2.45, 2.75) is 13.0 Å². The highest BCUT2D eigenvalue weighted by atomic mass is 16.5. The number of carbonyl (C=O) groups excluding carboxylic acids is 1. The van der Waals surface area contributed by atoms with Crippen LogP contribution >= 0.6 is 0 Å². The number of amides is 1. The standard InChI is InChI=1S/C14H17N3O2/c1-11(14(18)17-6-8-19-9-7-17)16-13-5-3-2-4-12(13)10-15/h2-5,11,16H,6-9H2,1H3. The Labute approximate surface area is 112 Å². The van der Waals surface area contributed by atoms with Crippen molar-refractivity contribution >= 4 is 11.6 Å². The first-order valence-corrected chi connectivity index (χ1v) is 6.34. The number of rotatable bonds is 3. The predicted octanol–water partition coefficient (Wildman–Crippen LogP) is 1.22. The first-order chi connectivity index (χ1) is 9.22. The summed E-state index contributed by atoms with van der Waals surface area (Å²) in [6, 6.07) is 8.94. The van der Waals surface area contributed by atoms with Gasteiger partial charge < -0.3 is 15.0 Å². The van der Waals surface area contributed by atoms with Crippen LogP contribution in [0, 0.1) is 11.3 Å². The minimum absolute atomic E-state index is 0.0380. The van der Waals surface area contributed by atoms with Crippen molar-refractivity contribution in [3.05, 3.63) is 29.8 Å². The largest absolute Gasteiger partial charge is 0.378 e. The molecule has 1 saturated heterocycles. The van der Waals surface area contributed by atoms with Crippen molar-refractivity contribution in [1.29, 1.82) is 5.26 Å². The van der Waals surface area contributed by atoms with E-state index in [1.807, 2.05) is 19.1 Å². The van der Waals surface area contributed by atoms with Crippen LogP contribution in [0.25, 0.3) is 0 Å². The smallest absolute Gasteiger partial charge is 0.244 e. The third kappa shape index (κ3) is 3.24. The fourth-order valence-corrected chi connectivity index (χ4v) is 2.06. The maximum absolute atomic E-state index is 12.2. The summed E-state index contributed by atoms with van der Waals surface area (Å²) in [6.07, 6.45) is 0. The molecule has 1 aromatic carbocycles. The molecule has 0 aromatic heterocycles. The van der Waals surface area contributed by atoms with Gasteiger partial charge >= 0.3 is 0 Å². The summed E-state index contributed by atoms with van der Waals surface area (Å²) in [5.41, 5.74) is 1.24. The fourth-order valence-electron chi connectivity index (χ4n) is 2.06. The molecule has 0 spiro atoms. The second-order valence-corrected chi connectivity index (χ2v) is 4.46. The maximum atomic E-state index is 12.2. The molecule has 2 rings (SSSR count). The highest BCUT2D eigenvalue weighted by Crippen LogP contribution is 2.15. The third-order valence-electron chi connectivity index (χ3n) is 3.11. The first-order valence-electron chi connectivity index (χ1n) is 6.34. The first kappa shape index (κ1) is 13.4. The van der Waals surface area contributed by atoms with Gasteiger partial charge in [-0.15, -0.1) is 0 Å². The zero-order valence-electron chi connectivity index (χ0n) is 10.9. The number of ether oxygens (including phenoxy) is 1. The van der Waals surface area contributed by atoms with Crippen molar-refractivity contribution in [3.63, 3.8) is 0 Å². The molecule has 1 fully saturated rings. The lowest BCUT2D eigenvalue weighted by atomic mass is 10.1. The van der Waals surface area contributed by atoms with E-state index in [2.05, 4.69) is 11.4 Å². The van der Waals surface area contributed by atoms with E-state index in [4.69, 9.17) is 10.00 Å². The topological polar surface area (TPSA) is 65.4 Å². The second-order valence-electron chi connectivity index (χ2n) is 4.46. The number of anilines is 1. The average Bonchev–Trinajstić information content (AvgIpc) is 2.48. The lowest BCUT2D eigenvalue weighted by molar-refractivity contribution is -0.135. The van der Waals surface area contributed by atoms with Gasteiger partial charge in [-0.1, -0.05) is 12.1 Å². The van der Waals surface area contributed by atoms with E-state index in [9.17, 15) is 4.79 Å². The fraction of sp³-hybridized carbons (Fsp3) is 0.429. The van der Waals surface area contributed by atoms with Gasteiger partial charge in [0.2, 0.25) is 5.91 Å². The van der Waals surface area contributed by atoms with Crippen molar-refractivity contribution in [2.75, 3.05) is 31.6 Å². The van der Waals surface area contributed by atoms with Crippen molar-refractivity contribution in [1.82, 2.24) is 4.90 Å². The Morgan fingerprint density at radius 1 is 1.42 bits per heavy atom. The summed E-state index contributed by atoms with van der Waals surface area (Å²) >= 11 is 0. The van der Waals surface area contributed by atoms with E-state index >= 15 is 0 Å². The second kappa shape index (κ2) is 6.21. The molecular formula is C14H17N3O2. The molecule has 1 atom stereocenters. The number of nitriles is 1. The number of nitrogens with zero attached hydrogens (tertiary/aromatic N) is 2. The molecular weight excluding hydrogens is 242 g/mol. The maximum Gasteiger partial charge on any atom is 0.244 e. The number of hydrogen-bond acceptors (Lipinski definition) is 4. The number of para-hydroxylation sites is 1. The lowest BCUT2D eigenvalue weighted by Gasteiger charge is -2.29. The van der Waals surface area contributed by atoms with Crippen molar-refractivity contribution < 1.29 is 9.53 Å². The molecule has 19 heavy (non-hydrogen) atoms. The van der Waals surface area contributed by atoms with Crippen LogP contribution in [0.3, 0.4) is 0 Å². The highest BCUT2D eigenvalue weighted by molar-refractivity contribution is 5.84. The minimum atomic E-state index is -0.354. The van der Waals surface area contributed by atoms with Gasteiger partial charge in [0.05, 0.1) is 24.5 Å². The van der Waals surface area contributed by atoms with E-state index < -0.39 is 0 Å². The SMILES string of the molecule is CC(Nc1ccccc1C#N)C(=O)N1CCOCC1. The molecule has 1 aromatic rings. The van der Waals surface area contributed by atoms with E-state index in [-0.39, 0.29) is 11.9 Å². The molecule has 5 nitrogen and oxygen atoms in total. The monoisotopic (exact) mass is 259 g/mol. The molecule has 1 aliphatic heterocycles. The average molecular weight is 259 g/mol. The van der Waals surface area contributed by atoms with Gasteiger partial charge in [0.1, 0.15) is 12.1 Å². The summed E-state index contributed by atoms with van der Waals surface area (Å²) in [6.45, 7) is 4.25. The number of benzene rings is 1. The predicted molar refractivity (Wildman–Crippen MR) is 71.6 cm³/mol.